The van der Waals surface area contributed by atoms with Crippen LogP contribution in [0.3, 0.4) is 0 Å². The van der Waals surface area contributed by atoms with Crippen LogP contribution < -0.4 is 10.6 Å². The van der Waals surface area contributed by atoms with Gasteiger partial charge in [-0.1, -0.05) is 54.0 Å². The van der Waals surface area contributed by atoms with Gasteiger partial charge in [0.1, 0.15) is 5.01 Å². The smallest absolute Gasteiger partial charge is 0.234 e. The molecule has 26 heavy (non-hydrogen) atoms. The van der Waals surface area contributed by atoms with Crippen LogP contribution in [0.25, 0.3) is 0 Å². The first-order chi connectivity index (χ1) is 12.2. The first-order valence-corrected chi connectivity index (χ1v) is 9.87. The fourth-order valence-corrected chi connectivity index (χ4v) is 4.94. The summed E-state index contributed by atoms with van der Waals surface area (Å²) >= 11 is 1.48. The van der Waals surface area contributed by atoms with Crippen LogP contribution in [0.15, 0.2) is 24.3 Å². The molecule has 0 unspecified atom stereocenters. The first kappa shape index (κ1) is 19.3. The summed E-state index contributed by atoms with van der Waals surface area (Å²) in [7, 11) is 0. The summed E-state index contributed by atoms with van der Waals surface area (Å²) in [5.41, 5.74) is 2.21. The zero-order valence-electron chi connectivity index (χ0n) is 15.0. The molecule has 1 aliphatic carbocycles. The van der Waals surface area contributed by atoms with Crippen LogP contribution in [0, 0.1) is 18.3 Å². The van der Waals surface area contributed by atoms with Gasteiger partial charge in [0, 0.05) is 13.0 Å². The van der Waals surface area contributed by atoms with Crippen molar-refractivity contribution in [2.45, 2.75) is 39.0 Å². The van der Waals surface area contributed by atoms with E-state index in [0.717, 1.165) is 43.8 Å². The number of aromatic nitrogens is 2. The zero-order valence-corrected chi connectivity index (χ0v) is 16.6. The normalized spacial score (nSPS) is 24.6. The molecule has 1 aromatic carbocycles. The van der Waals surface area contributed by atoms with Crippen LogP contribution in [0.4, 0.5) is 5.13 Å². The molecule has 0 bridgehead atoms. The topological polar surface area (TPSA) is 66.9 Å². The number of fused-ring (bicyclic) bond motifs is 1. The lowest BCUT2D eigenvalue weighted by atomic mass is 9.68. The van der Waals surface area contributed by atoms with Gasteiger partial charge < -0.3 is 5.32 Å². The molecule has 1 aliphatic heterocycles. The number of halogens is 1. The highest BCUT2D eigenvalue weighted by Crippen LogP contribution is 2.44. The Balaban J connectivity index is 0.00000196. The average molecular weight is 393 g/mol. The first-order valence-electron chi connectivity index (χ1n) is 9.06. The van der Waals surface area contributed by atoms with Crippen molar-refractivity contribution in [1.82, 2.24) is 15.5 Å². The number of hydrogen-bond acceptors (Lipinski definition) is 5. The Bertz CT molecular complexity index is 763. The molecule has 0 radical (unpaired) electrons. The van der Waals surface area contributed by atoms with E-state index in [0.29, 0.717) is 11.0 Å². The molecular weight excluding hydrogens is 368 g/mol. The highest BCUT2D eigenvalue weighted by Gasteiger charge is 2.50. The van der Waals surface area contributed by atoms with E-state index in [1.54, 1.807) is 0 Å². The third kappa shape index (κ3) is 3.77. The summed E-state index contributed by atoms with van der Waals surface area (Å²) in [5.74, 6) is 0.585. The average Bonchev–Trinajstić information content (AvgIpc) is 3.24. The molecule has 2 aromatic rings. The van der Waals surface area contributed by atoms with E-state index >= 15 is 0 Å². The molecule has 2 N–H and O–H groups in total. The second kappa shape index (κ2) is 8.03. The Morgan fingerprint density at radius 2 is 2.12 bits per heavy atom. The van der Waals surface area contributed by atoms with Crippen LogP contribution in [0.2, 0.25) is 0 Å². The minimum Gasteiger partial charge on any atom is -0.315 e. The number of amides is 1. The van der Waals surface area contributed by atoms with Gasteiger partial charge in [0.2, 0.25) is 11.0 Å². The fraction of sp³-hybridized carbons (Fsp3) is 0.526. The van der Waals surface area contributed by atoms with E-state index in [2.05, 4.69) is 52.0 Å². The standard InChI is InChI=1S/C19H24N4OS.ClH/c1-13-5-7-14(8-6-13)10-16-22-23-18(25-16)21-17(24)19-9-3-2-4-15(19)11-20-12-19;/h5-8,15,20H,2-4,9-12H2,1H3,(H,21,23,24);1H/t15-,19+;/m0./s1. The number of nitrogens with zero attached hydrogens (tertiary/aromatic N) is 2. The SMILES string of the molecule is Cc1ccc(Cc2nnc(NC(=O)[C@@]34CCCC[C@H]3CNC4)s2)cc1.Cl. The number of nitrogens with one attached hydrogen (secondary N) is 2. The minimum atomic E-state index is -0.249. The molecule has 2 atom stereocenters. The summed E-state index contributed by atoms with van der Waals surface area (Å²) in [6.07, 6.45) is 5.26. The molecule has 1 amide bonds. The van der Waals surface area contributed by atoms with E-state index in [1.807, 2.05) is 0 Å². The lowest BCUT2D eigenvalue weighted by Crippen LogP contribution is -2.44. The van der Waals surface area contributed by atoms with Gasteiger partial charge in [-0.05, 0) is 37.8 Å². The van der Waals surface area contributed by atoms with Crippen LogP contribution in [0.5, 0.6) is 0 Å². The Hall–Kier alpha value is -1.50. The minimum absolute atomic E-state index is 0. The van der Waals surface area contributed by atoms with Crippen LogP contribution in [-0.4, -0.2) is 29.2 Å². The summed E-state index contributed by atoms with van der Waals surface area (Å²) in [6, 6.07) is 8.44. The second-order valence-electron chi connectivity index (χ2n) is 7.35. The zero-order chi connectivity index (χ0) is 17.3. The van der Waals surface area contributed by atoms with Gasteiger partial charge in [-0.2, -0.15) is 0 Å². The maximum atomic E-state index is 13.0. The third-order valence-electron chi connectivity index (χ3n) is 5.65. The molecular formula is C19H25ClN4OS. The predicted molar refractivity (Wildman–Crippen MR) is 107 cm³/mol. The Kier molecular flexibility index (Phi) is 5.95. The Labute approximate surface area is 164 Å². The number of carbonyl (C=O) groups excluding carboxylic acids is 1. The number of benzene rings is 1. The third-order valence-corrected chi connectivity index (χ3v) is 6.49. The van der Waals surface area contributed by atoms with Crippen molar-refractivity contribution < 1.29 is 4.79 Å². The van der Waals surface area contributed by atoms with E-state index in [1.165, 1.54) is 28.9 Å². The number of rotatable bonds is 4. The van der Waals surface area contributed by atoms with Gasteiger partial charge in [-0.25, -0.2) is 0 Å². The molecule has 140 valence electrons. The molecule has 0 spiro atoms. The fourth-order valence-electron chi connectivity index (χ4n) is 4.17. The lowest BCUT2D eigenvalue weighted by molar-refractivity contribution is -0.128. The van der Waals surface area contributed by atoms with Crippen LogP contribution in [0.1, 0.15) is 41.8 Å². The largest absolute Gasteiger partial charge is 0.315 e. The van der Waals surface area contributed by atoms with Crippen molar-refractivity contribution in [3.05, 3.63) is 40.4 Å². The van der Waals surface area contributed by atoms with Crippen LogP contribution in [-0.2, 0) is 11.2 Å². The quantitative estimate of drug-likeness (QED) is 0.834. The van der Waals surface area contributed by atoms with E-state index in [-0.39, 0.29) is 23.7 Å². The number of aryl methyl sites for hydroxylation is 1. The van der Waals surface area contributed by atoms with Crippen molar-refractivity contribution in [3.8, 4) is 0 Å². The molecule has 1 aromatic heterocycles. The number of carbonyl (C=O) groups is 1. The van der Waals surface area contributed by atoms with Gasteiger partial charge in [-0.15, -0.1) is 22.6 Å². The predicted octanol–water partition coefficient (Wildman–Crippen LogP) is 3.58. The van der Waals surface area contributed by atoms with Crippen LogP contribution >= 0.6 is 23.7 Å². The van der Waals surface area contributed by atoms with E-state index < -0.39 is 0 Å². The van der Waals surface area contributed by atoms with E-state index in [4.69, 9.17) is 0 Å². The number of anilines is 1. The van der Waals surface area contributed by atoms with Gasteiger partial charge in [0.15, 0.2) is 0 Å². The number of hydrogen-bond donors (Lipinski definition) is 2. The Morgan fingerprint density at radius 3 is 2.92 bits per heavy atom. The molecule has 1 saturated heterocycles. The second-order valence-corrected chi connectivity index (χ2v) is 8.41. The lowest BCUT2D eigenvalue weighted by Gasteiger charge is -2.36. The molecule has 1 saturated carbocycles. The van der Waals surface area contributed by atoms with Gasteiger partial charge in [-0.3, -0.25) is 10.1 Å². The van der Waals surface area contributed by atoms with E-state index in [9.17, 15) is 4.79 Å². The highest BCUT2D eigenvalue weighted by molar-refractivity contribution is 7.15. The van der Waals surface area contributed by atoms with Gasteiger partial charge in [0.25, 0.3) is 0 Å². The van der Waals surface area contributed by atoms with Crippen molar-refractivity contribution in [2.24, 2.45) is 11.3 Å². The summed E-state index contributed by atoms with van der Waals surface area (Å²) in [5, 5.41) is 16.5. The molecule has 2 fully saturated rings. The summed E-state index contributed by atoms with van der Waals surface area (Å²) < 4.78 is 0. The van der Waals surface area contributed by atoms with Gasteiger partial charge in [0.05, 0.1) is 5.41 Å². The van der Waals surface area contributed by atoms with Crippen molar-refractivity contribution >= 4 is 34.8 Å². The molecule has 4 rings (SSSR count). The van der Waals surface area contributed by atoms with Crippen molar-refractivity contribution in [2.75, 3.05) is 18.4 Å². The summed E-state index contributed by atoms with van der Waals surface area (Å²) in [4.78, 5) is 13.0. The maximum Gasteiger partial charge on any atom is 0.234 e. The maximum absolute atomic E-state index is 13.0. The molecule has 7 heteroatoms. The van der Waals surface area contributed by atoms with Crippen molar-refractivity contribution in [3.63, 3.8) is 0 Å². The molecule has 2 heterocycles. The molecule has 5 nitrogen and oxygen atoms in total. The summed E-state index contributed by atoms with van der Waals surface area (Å²) in [6.45, 7) is 3.83. The van der Waals surface area contributed by atoms with Crippen molar-refractivity contribution in [1.29, 1.82) is 0 Å². The molecule has 2 aliphatic rings. The van der Waals surface area contributed by atoms with Gasteiger partial charge >= 0.3 is 0 Å². The Morgan fingerprint density at radius 1 is 1.31 bits per heavy atom. The monoisotopic (exact) mass is 392 g/mol. The highest BCUT2D eigenvalue weighted by atomic mass is 35.5.